The molecule has 2 unspecified atom stereocenters. The molecule has 1 aromatic carbocycles. The summed E-state index contributed by atoms with van der Waals surface area (Å²) in [4.78, 5) is 25.3. The Morgan fingerprint density at radius 2 is 1.72 bits per heavy atom. The van der Waals surface area contributed by atoms with Crippen molar-refractivity contribution in [3.63, 3.8) is 0 Å². The second kappa shape index (κ2) is 4.33. The molecular formula is C13H16N2O3. The minimum Gasteiger partial charge on any atom is -0.497 e. The number of rotatable bonds is 2. The number of methoxy groups -OCH3 is 1. The van der Waals surface area contributed by atoms with E-state index in [0.29, 0.717) is 17.1 Å². The van der Waals surface area contributed by atoms with Gasteiger partial charge in [0.1, 0.15) is 5.75 Å². The van der Waals surface area contributed by atoms with Crippen molar-refractivity contribution in [2.75, 3.05) is 17.7 Å². The smallest absolute Gasteiger partial charge is 0.237 e. The number of hydrogen-bond donors (Lipinski definition) is 1. The maximum Gasteiger partial charge on any atom is 0.237 e. The highest BCUT2D eigenvalue weighted by Gasteiger charge is 2.43. The number of amides is 2. The van der Waals surface area contributed by atoms with E-state index in [4.69, 9.17) is 10.5 Å². The van der Waals surface area contributed by atoms with E-state index >= 15 is 0 Å². The van der Waals surface area contributed by atoms with Crippen LogP contribution in [0.2, 0.25) is 0 Å². The fourth-order valence-corrected chi connectivity index (χ4v) is 2.04. The molecule has 1 heterocycles. The molecule has 2 amide bonds. The van der Waals surface area contributed by atoms with Gasteiger partial charge in [0, 0.05) is 17.9 Å². The predicted octanol–water partition coefficient (Wildman–Crippen LogP) is 1.42. The minimum absolute atomic E-state index is 0.204. The molecule has 18 heavy (non-hydrogen) atoms. The standard InChI is InChI=1S/C13H16N2O3/c1-7-8(2)13(17)15(12(7)16)11-5-4-9(18-3)6-10(11)14/h4-8H,14H2,1-3H3. The third kappa shape index (κ3) is 1.72. The Hall–Kier alpha value is -2.04. The third-order valence-corrected chi connectivity index (χ3v) is 3.45. The Morgan fingerprint density at radius 1 is 1.17 bits per heavy atom. The van der Waals surface area contributed by atoms with E-state index in [9.17, 15) is 9.59 Å². The van der Waals surface area contributed by atoms with Gasteiger partial charge in [0.05, 0.1) is 18.5 Å². The van der Waals surface area contributed by atoms with E-state index < -0.39 is 0 Å². The number of carbonyl (C=O) groups excluding carboxylic acids is 2. The number of nitrogens with two attached hydrogens (primary N) is 1. The van der Waals surface area contributed by atoms with E-state index in [-0.39, 0.29) is 23.7 Å². The number of benzene rings is 1. The van der Waals surface area contributed by atoms with Crippen molar-refractivity contribution in [3.05, 3.63) is 18.2 Å². The van der Waals surface area contributed by atoms with Crippen molar-refractivity contribution in [1.82, 2.24) is 0 Å². The van der Waals surface area contributed by atoms with Crippen LogP contribution in [0.4, 0.5) is 11.4 Å². The number of hydrogen-bond acceptors (Lipinski definition) is 4. The van der Waals surface area contributed by atoms with Crippen LogP contribution in [-0.2, 0) is 9.59 Å². The summed E-state index contributed by atoms with van der Waals surface area (Å²) in [5.74, 6) is -0.428. The van der Waals surface area contributed by atoms with Crippen molar-refractivity contribution in [2.45, 2.75) is 13.8 Å². The van der Waals surface area contributed by atoms with Crippen LogP contribution < -0.4 is 15.4 Å². The molecule has 1 aliphatic rings. The summed E-state index contributed by atoms with van der Waals surface area (Å²) in [5, 5.41) is 0. The first-order valence-corrected chi connectivity index (χ1v) is 5.78. The van der Waals surface area contributed by atoms with Gasteiger partial charge in [-0.15, -0.1) is 0 Å². The molecule has 96 valence electrons. The molecule has 0 aromatic heterocycles. The molecule has 5 nitrogen and oxygen atoms in total. The first kappa shape index (κ1) is 12.4. The zero-order valence-corrected chi connectivity index (χ0v) is 10.6. The average Bonchev–Trinajstić information content (AvgIpc) is 2.55. The van der Waals surface area contributed by atoms with Gasteiger partial charge in [-0.3, -0.25) is 9.59 Å². The minimum atomic E-state index is -0.306. The number of carbonyl (C=O) groups is 2. The highest BCUT2D eigenvalue weighted by atomic mass is 16.5. The lowest BCUT2D eigenvalue weighted by Gasteiger charge is -2.17. The summed E-state index contributed by atoms with van der Waals surface area (Å²) in [7, 11) is 1.53. The molecule has 5 heteroatoms. The summed E-state index contributed by atoms with van der Waals surface area (Å²) < 4.78 is 5.04. The summed E-state index contributed by atoms with van der Waals surface area (Å²) in [6.45, 7) is 3.51. The second-order valence-electron chi connectivity index (χ2n) is 4.51. The van der Waals surface area contributed by atoms with Gasteiger partial charge >= 0.3 is 0 Å². The van der Waals surface area contributed by atoms with Gasteiger partial charge in [-0.05, 0) is 12.1 Å². The van der Waals surface area contributed by atoms with Crippen LogP contribution in [0.1, 0.15) is 13.8 Å². The first-order chi connectivity index (χ1) is 8.47. The molecule has 1 aromatic rings. The SMILES string of the molecule is COc1ccc(N2C(=O)C(C)C(C)C2=O)c(N)c1. The monoisotopic (exact) mass is 248 g/mol. The van der Waals surface area contributed by atoms with Crippen molar-refractivity contribution in [1.29, 1.82) is 0 Å². The highest BCUT2D eigenvalue weighted by molar-refractivity contribution is 6.23. The maximum absolute atomic E-state index is 12.1. The molecule has 2 rings (SSSR count). The van der Waals surface area contributed by atoms with Crippen LogP contribution in [0.15, 0.2) is 18.2 Å². The molecule has 0 spiro atoms. The van der Waals surface area contributed by atoms with Crippen LogP contribution in [0.25, 0.3) is 0 Å². The second-order valence-corrected chi connectivity index (χ2v) is 4.51. The Labute approximate surface area is 106 Å². The number of nitrogens with zero attached hydrogens (tertiary/aromatic N) is 1. The Balaban J connectivity index is 2.43. The summed E-state index contributed by atoms with van der Waals surface area (Å²) >= 11 is 0. The van der Waals surface area contributed by atoms with Crippen molar-refractivity contribution >= 4 is 23.2 Å². The van der Waals surface area contributed by atoms with E-state index in [1.54, 1.807) is 32.0 Å². The number of ether oxygens (including phenoxy) is 1. The van der Waals surface area contributed by atoms with Crippen molar-refractivity contribution < 1.29 is 14.3 Å². The highest BCUT2D eigenvalue weighted by Crippen LogP contribution is 2.35. The summed E-state index contributed by atoms with van der Waals surface area (Å²) in [6.07, 6.45) is 0. The van der Waals surface area contributed by atoms with E-state index in [2.05, 4.69) is 0 Å². The van der Waals surface area contributed by atoms with Crippen molar-refractivity contribution in [3.8, 4) is 5.75 Å². The van der Waals surface area contributed by atoms with Crippen LogP contribution in [-0.4, -0.2) is 18.9 Å². The third-order valence-electron chi connectivity index (χ3n) is 3.45. The molecule has 2 N–H and O–H groups in total. The summed E-state index contributed by atoms with van der Waals surface area (Å²) in [6, 6.07) is 4.91. The molecule has 0 bridgehead atoms. The maximum atomic E-state index is 12.1. The van der Waals surface area contributed by atoms with Crippen molar-refractivity contribution in [2.24, 2.45) is 11.8 Å². The molecule has 1 saturated heterocycles. The van der Waals surface area contributed by atoms with E-state index in [1.165, 1.54) is 12.0 Å². The van der Waals surface area contributed by atoms with Gasteiger partial charge in [0.15, 0.2) is 0 Å². The fourth-order valence-electron chi connectivity index (χ4n) is 2.04. The van der Waals surface area contributed by atoms with Crippen LogP contribution in [0.5, 0.6) is 5.75 Å². The molecule has 1 aliphatic heterocycles. The molecule has 0 aliphatic carbocycles. The van der Waals surface area contributed by atoms with Gasteiger partial charge in [0.25, 0.3) is 0 Å². The first-order valence-electron chi connectivity index (χ1n) is 5.78. The topological polar surface area (TPSA) is 72.6 Å². The van der Waals surface area contributed by atoms with Crippen LogP contribution >= 0.6 is 0 Å². The number of imide groups is 1. The number of nitrogen functional groups attached to an aromatic ring is 1. The molecule has 1 fully saturated rings. The van der Waals surface area contributed by atoms with Crippen LogP contribution in [0, 0.1) is 11.8 Å². The molecule has 0 radical (unpaired) electrons. The van der Waals surface area contributed by atoms with Gasteiger partial charge in [-0.1, -0.05) is 13.8 Å². The Morgan fingerprint density at radius 3 is 2.17 bits per heavy atom. The molecule has 2 atom stereocenters. The Bertz CT molecular complexity index is 493. The predicted molar refractivity (Wildman–Crippen MR) is 68.2 cm³/mol. The van der Waals surface area contributed by atoms with E-state index in [0.717, 1.165) is 0 Å². The molecule has 0 saturated carbocycles. The molecular weight excluding hydrogens is 232 g/mol. The lowest BCUT2D eigenvalue weighted by molar-refractivity contribution is -0.122. The average molecular weight is 248 g/mol. The van der Waals surface area contributed by atoms with Gasteiger partial charge in [-0.25, -0.2) is 4.90 Å². The lowest BCUT2D eigenvalue weighted by atomic mass is 10.00. The zero-order chi connectivity index (χ0) is 13.4. The lowest BCUT2D eigenvalue weighted by Crippen LogP contribution is -2.31. The van der Waals surface area contributed by atoms with E-state index in [1.807, 2.05) is 0 Å². The fraction of sp³-hybridized carbons (Fsp3) is 0.385. The normalized spacial score (nSPS) is 23.6. The number of anilines is 2. The largest absolute Gasteiger partial charge is 0.497 e. The zero-order valence-electron chi connectivity index (χ0n) is 10.6. The summed E-state index contributed by atoms with van der Waals surface area (Å²) in [5.41, 5.74) is 6.66. The van der Waals surface area contributed by atoms with Crippen LogP contribution in [0.3, 0.4) is 0 Å². The Kier molecular flexibility index (Phi) is 2.98. The van der Waals surface area contributed by atoms with Gasteiger partial charge in [0.2, 0.25) is 11.8 Å². The van der Waals surface area contributed by atoms with Gasteiger partial charge < -0.3 is 10.5 Å². The van der Waals surface area contributed by atoms with Gasteiger partial charge in [-0.2, -0.15) is 0 Å². The quantitative estimate of drug-likeness (QED) is 0.634.